The number of aliphatic hydroxyl groups is 1. The van der Waals surface area contributed by atoms with E-state index in [4.69, 9.17) is 5.73 Å². The van der Waals surface area contributed by atoms with Gasteiger partial charge in [0.25, 0.3) is 0 Å². The van der Waals surface area contributed by atoms with Crippen molar-refractivity contribution in [2.45, 2.75) is 25.9 Å². The Bertz CT molecular complexity index is 318. The number of hydrogen-bond donors (Lipinski definition) is 2. The fourth-order valence-corrected chi connectivity index (χ4v) is 2.56. The first kappa shape index (κ1) is 9.73. The van der Waals surface area contributed by atoms with Crippen LogP contribution in [0.15, 0.2) is 0 Å². The summed E-state index contributed by atoms with van der Waals surface area (Å²) >= 11 is 1.45. The van der Waals surface area contributed by atoms with E-state index in [9.17, 15) is 5.11 Å². The molecule has 78 valence electrons. The Labute approximate surface area is 87.5 Å². The van der Waals surface area contributed by atoms with Crippen LogP contribution < -0.4 is 10.6 Å². The lowest BCUT2D eigenvalue weighted by Gasteiger charge is -2.30. The summed E-state index contributed by atoms with van der Waals surface area (Å²) in [5.74, 6) is 0.635. The molecule has 1 aromatic rings. The normalized spacial score (nSPS) is 18.9. The smallest absolute Gasteiger partial charge is 0.142 e. The van der Waals surface area contributed by atoms with Crippen molar-refractivity contribution >= 4 is 22.4 Å². The number of rotatable bonds is 1. The van der Waals surface area contributed by atoms with Gasteiger partial charge < -0.3 is 15.7 Å². The molecule has 1 saturated heterocycles. The topological polar surface area (TPSA) is 62.4 Å². The lowest BCUT2D eigenvalue weighted by molar-refractivity contribution is 0.145. The van der Waals surface area contributed by atoms with Gasteiger partial charge in [-0.3, -0.25) is 0 Å². The summed E-state index contributed by atoms with van der Waals surface area (Å²) in [6.07, 6.45) is 1.56. The second-order valence-electron chi connectivity index (χ2n) is 3.72. The first-order valence-corrected chi connectivity index (χ1v) is 5.60. The highest BCUT2D eigenvalue weighted by molar-refractivity contribution is 7.10. The Balaban J connectivity index is 2.12. The van der Waals surface area contributed by atoms with Gasteiger partial charge in [0.1, 0.15) is 10.8 Å². The van der Waals surface area contributed by atoms with E-state index in [0.717, 1.165) is 36.5 Å². The van der Waals surface area contributed by atoms with Crippen LogP contribution >= 0.6 is 11.5 Å². The summed E-state index contributed by atoms with van der Waals surface area (Å²) in [5.41, 5.74) is 6.77. The van der Waals surface area contributed by atoms with Gasteiger partial charge in [-0.15, -0.1) is 0 Å². The maximum Gasteiger partial charge on any atom is 0.142 e. The molecule has 5 heteroatoms. The molecule has 14 heavy (non-hydrogen) atoms. The van der Waals surface area contributed by atoms with Crippen LogP contribution in [-0.4, -0.2) is 28.7 Å². The number of nitrogens with zero attached hydrogens (tertiary/aromatic N) is 2. The second kappa shape index (κ2) is 3.74. The Morgan fingerprint density at radius 2 is 2.14 bits per heavy atom. The zero-order valence-electron chi connectivity index (χ0n) is 8.23. The van der Waals surface area contributed by atoms with Crippen molar-refractivity contribution < 1.29 is 5.11 Å². The monoisotopic (exact) mass is 213 g/mol. The number of anilines is 2. The van der Waals surface area contributed by atoms with E-state index in [1.165, 1.54) is 11.5 Å². The summed E-state index contributed by atoms with van der Waals surface area (Å²) in [7, 11) is 0. The molecule has 1 aliphatic rings. The Kier molecular flexibility index (Phi) is 2.60. The van der Waals surface area contributed by atoms with Gasteiger partial charge >= 0.3 is 0 Å². The molecular formula is C9H15N3OS. The van der Waals surface area contributed by atoms with Crippen LogP contribution in [0.25, 0.3) is 0 Å². The zero-order valence-corrected chi connectivity index (χ0v) is 9.05. The largest absolute Gasteiger partial charge is 0.393 e. The standard InChI is InChI=1S/C9H15N3OS/c1-6-8(10)11-14-9(6)12-4-2-7(13)3-5-12/h7,13H,2-5H2,1H3,(H2,10,11). The quantitative estimate of drug-likeness (QED) is 0.730. The van der Waals surface area contributed by atoms with Gasteiger partial charge in [0.05, 0.1) is 6.10 Å². The number of nitrogen functional groups attached to an aromatic ring is 1. The molecule has 2 rings (SSSR count). The van der Waals surface area contributed by atoms with E-state index in [1.807, 2.05) is 6.92 Å². The number of piperidine rings is 1. The van der Waals surface area contributed by atoms with Gasteiger partial charge in [0, 0.05) is 18.7 Å². The highest BCUT2D eigenvalue weighted by Gasteiger charge is 2.20. The van der Waals surface area contributed by atoms with Crippen molar-refractivity contribution in [3.63, 3.8) is 0 Å². The Hall–Kier alpha value is -0.810. The average Bonchev–Trinajstić information content (AvgIpc) is 2.50. The molecule has 4 nitrogen and oxygen atoms in total. The van der Waals surface area contributed by atoms with E-state index < -0.39 is 0 Å². The molecule has 0 spiro atoms. The fourth-order valence-electron chi connectivity index (χ4n) is 1.70. The van der Waals surface area contributed by atoms with Gasteiger partial charge in [-0.2, -0.15) is 4.37 Å². The first-order chi connectivity index (χ1) is 6.68. The van der Waals surface area contributed by atoms with Gasteiger partial charge in [-0.25, -0.2) is 0 Å². The minimum atomic E-state index is -0.128. The molecule has 0 radical (unpaired) electrons. The van der Waals surface area contributed by atoms with E-state index in [-0.39, 0.29) is 6.10 Å². The first-order valence-electron chi connectivity index (χ1n) is 4.83. The third-order valence-electron chi connectivity index (χ3n) is 2.69. The predicted molar refractivity (Wildman–Crippen MR) is 58.7 cm³/mol. The van der Waals surface area contributed by atoms with Crippen molar-refractivity contribution in [1.29, 1.82) is 0 Å². The summed E-state index contributed by atoms with van der Waals surface area (Å²) in [4.78, 5) is 2.26. The molecular weight excluding hydrogens is 198 g/mol. The predicted octanol–water partition coefficient (Wildman–Crippen LogP) is 0.995. The molecule has 0 aliphatic carbocycles. The average molecular weight is 213 g/mol. The van der Waals surface area contributed by atoms with Gasteiger partial charge in [0.15, 0.2) is 0 Å². The Morgan fingerprint density at radius 3 is 2.64 bits per heavy atom. The minimum Gasteiger partial charge on any atom is -0.393 e. The van der Waals surface area contributed by atoms with Crippen molar-refractivity contribution in [1.82, 2.24) is 4.37 Å². The molecule has 0 saturated carbocycles. The number of aromatic nitrogens is 1. The van der Waals surface area contributed by atoms with Gasteiger partial charge in [-0.1, -0.05) is 0 Å². The van der Waals surface area contributed by atoms with Gasteiger partial charge in [-0.05, 0) is 31.3 Å². The molecule has 1 aromatic heterocycles. The van der Waals surface area contributed by atoms with E-state index >= 15 is 0 Å². The van der Waals surface area contributed by atoms with E-state index in [0.29, 0.717) is 5.82 Å². The number of aliphatic hydroxyl groups excluding tert-OH is 1. The lowest BCUT2D eigenvalue weighted by atomic mass is 10.1. The molecule has 0 amide bonds. The van der Waals surface area contributed by atoms with Crippen LogP contribution in [0.5, 0.6) is 0 Å². The van der Waals surface area contributed by atoms with Crippen LogP contribution in [0, 0.1) is 6.92 Å². The molecule has 0 bridgehead atoms. The van der Waals surface area contributed by atoms with Crippen molar-refractivity contribution in [3.8, 4) is 0 Å². The fraction of sp³-hybridized carbons (Fsp3) is 0.667. The van der Waals surface area contributed by atoms with E-state index in [2.05, 4.69) is 9.27 Å². The molecule has 1 aliphatic heterocycles. The maximum atomic E-state index is 9.38. The SMILES string of the molecule is Cc1c(N)nsc1N1CCC(O)CC1. The molecule has 0 atom stereocenters. The summed E-state index contributed by atoms with van der Waals surface area (Å²) in [6, 6.07) is 0. The van der Waals surface area contributed by atoms with E-state index in [1.54, 1.807) is 0 Å². The van der Waals surface area contributed by atoms with Crippen LogP contribution in [0.4, 0.5) is 10.8 Å². The third kappa shape index (κ3) is 1.69. The molecule has 1 fully saturated rings. The third-order valence-corrected chi connectivity index (χ3v) is 3.71. The van der Waals surface area contributed by atoms with Crippen LogP contribution in [0.1, 0.15) is 18.4 Å². The number of hydrogen-bond acceptors (Lipinski definition) is 5. The summed E-state index contributed by atoms with van der Waals surface area (Å²) in [6.45, 7) is 3.81. The van der Waals surface area contributed by atoms with Crippen LogP contribution in [0.3, 0.4) is 0 Å². The highest BCUT2D eigenvalue weighted by Crippen LogP contribution is 2.31. The highest BCUT2D eigenvalue weighted by atomic mass is 32.1. The van der Waals surface area contributed by atoms with Crippen LogP contribution in [-0.2, 0) is 0 Å². The maximum absolute atomic E-state index is 9.38. The molecule has 0 unspecified atom stereocenters. The summed E-state index contributed by atoms with van der Waals surface area (Å²) in [5, 5.41) is 10.5. The lowest BCUT2D eigenvalue weighted by Crippen LogP contribution is -2.35. The summed E-state index contributed by atoms with van der Waals surface area (Å²) < 4.78 is 4.13. The van der Waals surface area contributed by atoms with Crippen molar-refractivity contribution in [2.75, 3.05) is 23.7 Å². The van der Waals surface area contributed by atoms with Gasteiger partial charge in [0.2, 0.25) is 0 Å². The van der Waals surface area contributed by atoms with Crippen molar-refractivity contribution in [3.05, 3.63) is 5.56 Å². The molecule has 2 heterocycles. The second-order valence-corrected chi connectivity index (χ2v) is 4.47. The van der Waals surface area contributed by atoms with Crippen molar-refractivity contribution in [2.24, 2.45) is 0 Å². The number of nitrogens with two attached hydrogens (primary N) is 1. The van der Waals surface area contributed by atoms with Crippen LogP contribution in [0.2, 0.25) is 0 Å². The minimum absolute atomic E-state index is 0.128. The Morgan fingerprint density at radius 1 is 1.50 bits per heavy atom. The molecule has 3 N–H and O–H groups in total. The zero-order chi connectivity index (χ0) is 10.1. The molecule has 0 aromatic carbocycles.